The molecule has 0 amide bonds. The van der Waals surface area contributed by atoms with E-state index in [9.17, 15) is 8.42 Å². The zero-order valence-corrected chi connectivity index (χ0v) is 11.4. The summed E-state index contributed by atoms with van der Waals surface area (Å²) in [5, 5.41) is 0.565. The van der Waals surface area contributed by atoms with E-state index in [1.807, 2.05) is 0 Å². The fourth-order valence-corrected chi connectivity index (χ4v) is 4.07. The highest BCUT2D eigenvalue weighted by atomic mass is 32.2. The predicted molar refractivity (Wildman–Crippen MR) is 69.7 cm³/mol. The van der Waals surface area contributed by atoms with Crippen LogP contribution in [0, 0.1) is 0 Å². The molecule has 0 bridgehead atoms. The van der Waals surface area contributed by atoms with E-state index in [1.165, 1.54) is 11.3 Å². The summed E-state index contributed by atoms with van der Waals surface area (Å²) in [5.74, 6) is 0.557. The van der Waals surface area contributed by atoms with E-state index in [2.05, 4.69) is 16.8 Å². The molecule has 0 saturated carbocycles. The number of sulfone groups is 1. The molecule has 17 heavy (non-hydrogen) atoms. The molecule has 2 N–H and O–H groups in total. The number of hydrogen-bond acceptors (Lipinski definition) is 6. The van der Waals surface area contributed by atoms with Crippen LogP contribution in [0.5, 0.6) is 0 Å². The van der Waals surface area contributed by atoms with Gasteiger partial charge in [-0.05, 0) is 13.3 Å². The van der Waals surface area contributed by atoms with Gasteiger partial charge in [-0.1, -0.05) is 0 Å². The molecular weight excluding hydrogens is 258 g/mol. The fourth-order valence-electron chi connectivity index (χ4n) is 1.94. The van der Waals surface area contributed by atoms with Crippen molar-refractivity contribution in [3.63, 3.8) is 0 Å². The van der Waals surface area contributed by atoms with E-state index >= 15 is 0 Å². The maximum Gasteiger partial charge on any atom is 0.180 e. The number of nitrogens with two attached hydrogens (primary N) is 1. The molecule has 7 heteroatoms. The molecule has 0 spiro atoms. The van der Waals surface area contributed by atoms with Crippen LogP contribution >= 0.6 is 11.3 Å². The smallest absolute Gasteiger partial charge is 0.180 e. The third-order valence-corrected chi connectivity index (χ3v) is 5.56. The van der Waals surface area contributed by atoms with Gasteiger partial charge in [0.05, 0.1) is 11.5 Å². The third kappa shape index (κ3) is 3.40. The van der Waals surface area contributed by atoms with Gasteiger partial charge in [-0.15, -0.1) is 11.3 Å². The van der Waals surface area contributed by atoms with Crippen LogP contribution in [0.3, 0.4) is 0 Å². The fraction of sp³-hybridized carbons (Fsp3) is 0.700. The monoisotopic (exact) mass is 275 g/mol. The lowest BCUT2D eigenvalue weighted by Gasteiger charge is -2.25. The SMILES string of the molecule is CC1CCS(=O)(=O)CCN1Cc1cnc(N)s1. The molecule has 2 heterocycles. The summed E-state index contributed by atoms with van der Waals surface area (Å²) in [6, 6.07) is 0.288. The van der Waals surface area contributed by atoms with Crippen molar-refractivity contribution in [3.8, 4) is 0 Å². The van der Waals surface area contributed by atoms with E-state index in [4.69, 9.17) is 5.73 Å². The molecule has 0 aromatic carbocycles. The summed E-state index contributed by atoms with van der Waals surface area (Å²) in [6.45, 7) is 3.41. The molecule has 1 unspecified atom stereocenters. The van der Waals surface area contributed by atoms with Crippen LogP contribution in [0.2, 0.25) is 0 Å². The minimum absolute atomic E-state index is 0.256. The Morgan fingerprint density at radius 1 is 1.59 bits per heavy atom. The number of nitrogen functional groups attached to an aromatic ring is 1. The van der Waals surface area contributed by atoms with Crippen molar-refractivity contribution in [2.75, 3.05) is 23.8 Å². The molecule has 0 aliphatic carbocycles. The predicted octanol–water partition coefficient (Wildman–Crippen LogP) is 0.734. The molecule has 2 rings (SSSR count). The van der Waals surface area contributed by atoms with Crippen molar-refractivity contribution in [1.29, 1.82) is 0 Å². The van der Waals surface area contributed by atoms with Gasteiger partial charge in [-0.2, -0.15) is 0 Å². The van der Waals surface area contributed by atoms with Crippen LogP contribution < -0.4 is 5.73 Å². The Kier molecular flexibility index (Phi) is 3.70. The number of rotatable bonds is 2. The lowest BCUT2D eigenvalue weighted by Crippen LogP contribution is -2.33. The van der Waals surface area contributed by atoms with Crippen LogP contribution in [-0.2, 0) is 16.4 Å². The second kappa shape index (κ2) is 4.91. The number of thiazole rings is 1. The van der Waals surface area contributed by atoms with E-state index in [0.717, 1.165) is 11.4 Å². The van der Waals surface area contributed by atoms with Crippen molar-refractivity contribution in [3.05, 3.63) is 11.1 Å². The van der Waals surface area contributed by atoms with Gasteiger partial charge in [0.25, 0.3) is 0 Å². The number of aromatic nitrogens is 1. The van der Waals surface area contributed by atoms with Crippen molar-refractivity contribution in [2.24, 2.45) is 0 Å². The number of anilines is 1. The highest BCUT2D eigenvalue weighted by Crippen LogP contribution is 2.20. The minimum Gasteiger partial charge on any atom is -0.375 e. The van der Waals surface area contributed by atoms with Crippen molar-refractivity contribution in [1.82, 2.24) is 9.88 Å². The highest BCUT2D eigenvalue weighted by molar-refractivity contribution is 7.91. The van der Waals surface area contributed by atoms with Crippen molar-refractivity contribution >= 4 is 26.3 Å². The van der Waals surface area contributed by atoms with Gasteiger partial charge < -0.3 is 5.73 Å². The second-order valence-corrected chi connectivity index (χ2v) is 7.88. The zero-order valence-electron chi connectivity index (χ0n) is 9.80. The van der Waals surface area contributed by atoms with Gasteiger partial charge in [0, 0.05) is 30.2 Å². The van der Waals surface area contributed by atoms with E-state index in [1.54, 1.807) is 6.20 Å². The van der Waals surface area contributed by atoms with Crippen LogP contribution in [0.1, 0.15) is 18.2 Å². The molecule has 0 radical (unpaired) electrons. The maximum absolute atomic E-state index is 11.6. The first-order valence-electron chi connectivity index (χ1n) is 5.61. The average Bonchev–Trinajstić information content (AvgIpc) is 2.61. The normalized spacial score (nSPS) is 25.6. The summed E-state index contributed by atoms with van der Waals surface area (Å²) < 4.78 is 23.1. The number of nitrogens with zero attached hydrogens (tertiary/aromatic N) is 2. The van der Waals surface area contributed by atoms with E-state index < -0.39 is 9.84 Å². The Labute approximate surface area is 106 Å². The van der Waals surface area contributed by atoms with E-state index in [-0.39, 0.29) is 11.8 Å². The van der Waals surface area contributed by atoms with Gasteiger partial charge in [-0.3, -0.25) is 4.90 Å². The van der Waals surface area contributed by atoms with Gasteiger partial charge >= 0.3 is 0 Å². The quantitative estimate of drug-likeness (QED) is 0.861. The summed E-state index contributed by atoms with van der Waals surface area (Å²) in [5.41, 5.74) is 5.59. The zero-order chi connectivity index (χ0) is 12.5. The Morgan fingerprint density at radius 2 is 2.35 bits per heavy atom. The minimum atomic E-state index is -2.85. The summed E-state index contributed by atoms with van der Waals surface area (Å²) in [7, 11) is -2.85. The summed E-state index contributed by atoms with van der Waals surface area (Å²) in [4.78, 5) is 7.29. The molecular formula is C10H17N3O2S2. The lowest BCUT2D eigenvalue weighted by atomic mass is 10.2. The van der Waals surface area contributed by atoms with Gasteiger partial charge in [0.1, 0.15) is 0 Å². The maximum atomic E-state index is 11.6. The first kappa shape index (κ1) is 12.8. The lowest BCUT2D eigenvalue weighted by molar-refractivity contribution is 0.214. The van der Waals surface area contributed by atoms with E-state index in [0.29, 0.717) is 23.8 Å². The van der Waals surface area contributed by atoms with Gasteiger partial charge in [0.2, 0.25) is 0 Å². The molecule has 1 saturated heterocycles. The second-order valence-electron chi connectivity index (χ2n) is 4.42. The Bertz CT molecular complexity index is 483. The van der Waals surface area contributed by atoms with Crippen LogP contribution in [-0.4, -0.2) is 42.4 Å². The van der Waals surface area contributed by atoms with Crippen LogP contribution in [0.4, 0.5) is 5.13 Å². The summed E-state index contributed by atoms with van der Waals surface area (Å²) in [6.07, 6.45) is 2.47. The van der Waals surface area contributed by atoms with Crippen LogP contribution in [0.15, 0.2) is 6.20 Å². The first-order chi connectivity index (χ1) is 7.96. The molecule has 1 aliphatic rings. The first-order valence-corrected chi connectivity index (χ1v) is 8.25. The molecule has 96 valence electrons. The molecule has 1 fully saturated rings. The highest BCUT2D eigenvalue weighted by Gasteiger charge is 2.24. The summed E-state index contributed by atoms with van der Waals surface area (Å²) >= 11 is 1.47. The van der Waals surface area contributed by atoms with Crippen LogP contribution in [0.25, 0.3) is 0 Å². The Morgan fingerprint density at radius 3 is 3.00 bits per heavy atom. The molecule has 1 aromatic heterocycles. The Balaban J connectivity index is 2.05. The van der Waals surface area contributed by atoms with Crippen molar-refractivity contribution in [2.45, 2.75) is 25.9 Å². The topological polar surface area (TPSA) is 76.3 Å². The molecule has 5 nitrogen and oxygen atoms in total. The standard InChI is InChI=1S/C10H17N3O2S2/c1-8-2-4-17(14,15)5-3-13(8)7-9-6-12-10(11)16-9/h6,8H,2-5,7H2,1H3,(H2,11,12). The van der Waals surface area contributed by atoms with Gasteiger partial charge in [0.15, 0.2) is 15.0 Å². The third-order valence-electron chi connectivity index (χ3n) is 3.09. The average molecular weight is 275 g/mol. The molecule has 1 atom stereocenters. The molecule has 1 aromatic rings. The largest absolute Gasteiger partial charge is 0.375 e. The molecule has 1 aliphatic heterocycles. The number of hydrogen-bond donors (Lipinski definition) is 1. The van der Waals surface area contributed by atoms with Gasteiger partial charge in [-0.25, -0.2) is 13.4 Å². The van der Waals surface area contributed by atoms with Crippen molar-refractivity contribution < 1.29 is 8.42 Å². The Hall–Kier alpha value is -0.660.